The smallest absolute Gasteiger partial charge is 0.220 e. The summed E-state index contributed by atoms with van der Waals surface area (Å²) in [5.74, 6) is -0.800. The van der Waals surface area contributed by atoms with E-state index in [0.29, 0.717) is 13.1 Å². The molecule has 0 unspecified atom stereocenters. The van der Waals surface area contributed by atoms with Gasteiger partial charge in [0.05, 0.1) is 0 Å². The van der Waals surface area contributed by atoms with E-state index in [-0.39, 0.29) is 29.9 Å². The molecule has 6 heteroatoms. The van der Waals surface area contributed by atoms with Crippen LogP contribution in [0, 0.1) is 11.6 Å². The highest BCUT2D eigenvalue weighted by atomic mass is 19.1. The lowest BCUT2D eigenvalue weighted by Gasteiger charge is -2.19. The van der Waals surface area contributed by atoms with Gasteiger partial charge < -0.3 is 14.8 Å². The Balaban J connectivity index is 1.43. The standard InChI is InChI=1S/C30H31F2N3O/c31-24-11-7-22(8-12-24)20-35-21-28(26-5-1-2-6-29(26)35)27(23-9-13-25(32)14-10-23)19-30(36)33-15-18-34-16-3-4-17-34/h1-2,5-14,21,27H,3-4,15-20H2,(H,33,36)/t27-/m1/s1. The Kier molecular flexibility index (Phi) is 7.42. The summed E-state index contributed by atoms with van der Waals surface area (Å²) >= 11 is 0. The molecule has 0 bridgehead atoms. The lowest BCUT2D eigenvalue weighted by Crippen LogP contribution is -2.34. The Morgan fingerprint density at radius 3 is 2.28 bits per heavy atom. The summed E-state index contributed by atoms with van der Waals surface area (Å²) in [6.45, 7) is 4.27. The zero-order chi connectivity index (χ0) is 24.9. The quantitative estimate of drug-likeness (QED) is 0.329. The maximum absolute atomic E-state index is 13.7. The van der Waals surface area contributed by atoms with Crippen molar-refractivity contribution in [3.8, 4) is 0 Å². The fourth-order valence-corrected chi connectivity index (χ4v) is 5.19. The molecule has 1 aliphatic heterocycles. The highest BCUT2D eigenvalue weighted by molar-refractivity contribution is 5.86. The van der Waals surface area contributed by atoms with Crippen molar-refractivity contribution >= 4 is 16.8 Å². The van der Waals surface area contributed by atoms with E-state index in [4.69, 9.17) is 0 Å². The first kappa shape index (κ1) is 24.2. The molecule has 3 aromatic carbocycles. The molecule has 36 heavy (non-hydrogen) atoms. The molecule has 0 saturated carbocycles. The lowest BCUT2D eigenvalue weighted by molar-refractivity contribution is -0.121. The number of carbonyl (C=O) groups is 1. The van der Waals surface area contributed by atoms with Crippen LogP contribution < -0.4 is 5.32 Å². The van der Waals surface area contributed by atoms with Crippen molar-refractivity contribution in [3.63, 3.8) is 0 Å². The van der Waals surface area contributed by atoms with Gasteiger partial charge in [-0.15, -0.1) is 0 Å². The second-order valence-corrected chi connectivity index (χ2v) is 9.56. The van der Waals surface area contributed by atoms with E-state index in [1.165, 1.54) is 37.1 Å². The van der Waals surface area contributed by atoms with E-state index in [1.54, 1.807) is 24.3 Å². The fraction of sp³-hybridized carbons (Fsp3) is 0.300. The molecule has 4 aromatic rings. The first-order chi connectivity index (χ1) is 17.6. The molecule has 186 valence electrons. The van der Waals surface area contributed by atoms with E-state index in [0.717, 1.165) is 47.2 Å². The van der Waals surface area contributed by atoms with Crippen LogP contribution in [-0.2, 0) is 11.3 Å². The van der Waals surface area contributed by atoms with Crippen molar-refractivity contribution in [2.24, 2.45) is 0 Å². The molecular weight excluding hydrogens is 456 g/mol. The zero-order valence-electron chi connectivity index (χ0n) is 20.3. The minimum atomic E-state index is -0.300. The Labute approximate surface area is 210 Å². The van der Waals surface area contributed by atoms with Gasteiger partial charge in [-0.05, 0) is 73.0 Å². The van der Waals surface area contributed by atoms with Crippen molar-refractivity contribution in [2.75, 3.05) is 26.2 Å². The van der Waals surface area contributed by atoms with Crippen molar-refractivity contribution in [2.45, 2.75) is 31.7 Å². The average molecular weight is 488 g/mol. The number of carbonyl (C=O) groups excluding carboxylic acids is 1. The molecule has 1 saturated heterocycles. The Morgan fingerprint density at radius 2 is 1.56 bits per heavy atom. The summed E-state index contributed by atoms with van der Waals surface area (Å²) in [5.41, 5.74) is 3.95. The fourth-order valence-electron chi connectivity index (χ4n) is 5.19. The monoisotopic (exact) mass is 487 g/mol. The van der Waals surface area contributed by atoms with Crippen molar-refractivity contribution in [3.05, 3.63) is 107 Å². The third-order valence-corrected chi connectivity index (χ3v) is 7.07. The van der Waals surface area contributed by atoms with E-state index in [9.17, 15) is 13.6 Å². The number of fused-ring (bicyclic) bond motifs is 1. The van der Waals surface area contributed by atoms with Crippen LogP contribution in [0.3, 0.4) is 0 Å². The normalized spacial score (nSPS) is 14.8. The van der Waals surface area contributed by atoms with Crippen molar-refractivity contribution in [1.29, 1.82) is 0 Å². The number of para-hydroxylation sites is 1. The summed E-state index contributed by atoms with van der Waals surface area (Å²) in [6.07, 6.45) is 4.81. The number of benzene rings is 3. The van der Waals surface area contributed by atoms with Crippen LogP contribution >= 0.6 is 0 Å². The van der Waals surface area contributed by atoms with Gasteiger partial charge in [0, 0.05) is 49.1 Å². The van der Waals surface area contributed by atoms with Crippen molar-refractivity contribution in [1.82, 2.24) is 14.8 Å². The predicted octanol–water partition coefficient (Wildman–Crippen LogP) is 5.70. The number of aromatic nitrogens is 1. The molecule has 0 spiro atoms. The first-order valence-corrected chi connectivity index (χ1v) is 12.6. The van der Waals surface area contributed by atoms with Crippen LogP contribution in [0.4, 0.5) is 8.78 Å². The highest BCUT2D eigenvalue weighted by Crippen LogP contribution is 2.35. The Hall–Kier alpha value is -3.51. The Morgan fingerprint density at radius 1 is 0.889 bits per heavy atom. The molecule has 2 heterocycles. The molecule has 0 radical (unpaired) electrons. The molecular formula is C30H31F2N3O. The number of hydrogen-bond acceptors (Lipinski definition) is 2. The van der Waals surface area contributed by atoms with E-state index in [1.807, 2.05) is 12.1 Å². The number of amides is 1. The highest BCUT2D eigenvalue weighted by Gasteiger charge is 2.23. The molecule has 1 fully saturated rings. The van der Waals surface area contributed by atoms with Gasteiger partial charge >= 0.3 is 0 Å². The third-order valence-electron chi connectivity index (χ3n) is 7.07. The minimum Gasteiger partial charge on any atom is -0.355 e. The molecule has 1 atom stereocenters. The second-order valence-electron chi connectivity index (χ2n) is 9.56. The van der Waals surface area contributed by atoms with Gasteiger partial charge in [-0.3, -0.25) is 4.79 Å². The SMILES string of the molecule is O=C(C[C@H](c1ccc(F)cc1)c1cn(Cc2ccc(F)cc2)c2ccccc12)NCCN1CCCC1. The summed E-state index contributed by atoms with van der Waals surface area (Å²) in [6, 6.07) is 21.0. The Bertz CT molecular complexity index is 1310. The molecule has 4 nitrogen and oxygen atoms in total. The molecule has 1 N–H and O–H groups in total. The molecule has 1 aliphatic rings. The minimum absolute atomic E-state index is 0.0149. The molecule has 1 amide bonds. The number of halogens is 2. The van der Waals surface area contributed by atoms with E-state index < -0.39 is 0 Å². The first-order valence-electron chi connectivity index (χ1n) is 12.6. The van der Waals surface area contributed by atoms with Crippen LogP contribution in [-0.4, -0.2) is 41.6 Å². The summed E-state index contributed by atoms with van der Waals surface area (Å²) in [7, 11) is 0. The third kappa shape index (κ3) is 5.65. The maximum Gasteiger partial charge on any atom is 0.220 e. The van der Waals surface area contributed by atoms with Gasteiger partial charge in [0.25, 0.3) is 0 Å². The van der Waals surface area contributed by atoms with Crippen LogP contribution in [0.1, 0.15) is 41.9 Å². The van der Waals surface area contributed by atoms with Crippen LogP contribution in [0.15, 0.2) is 79.0 Å². The molecule has 1 aromatic heterocycles. The summed E-state index contributed by atoms with van der Waals surface area (Å²) < 4.78 is 29.3. The second kappa shape index (κ2) is 11.0. The molecule has 5 rings (SSSR count). The van der Waals surface area contributed by atoms with Gasteiger partial charge in [-0.2, -0.15) is 0 Å². The molecule has 0 aliphatic carbocycles. The number of nitrogens with one attached hydrogen (secondary N) is 1. The van der Waals surface area contributed by atoms with Gasteiger partial charge in [-0.1, -0.05) is 42.5 Å². The van der Waals surface area contributed by atoms with E-state index >= 15 is 0 Å². The predicted molar refractivity (Wildman–Crippen MR) is 139 cm³/mol. The maximum atomic E-state index is 13.7. The van der Waals surface area contributed by atoms with Crippen LogP contribution in [0.25, 0.3) is 10.9 Å². The summed E-state index contributed by atoms with van der Waals surface area (Å²) in [5, 5.41) is 4.15. The van der Waals surface area contributed by atoms with Gasteiger partial charge in [0.15, 0.2) is 0 Å². The largest absolute Gasteiger partial charge is 0.355 e. The lowest BCUT2D eigenvalue weighted by atomic mass is 9.88. The van der Waals surface area contributed by atoms with Crippen LogP contribution in [0.5, 0.6) is 0 Å². The van der Waals surface area contributed by atoms with Crippen LogP contribution in [0.2, 0.25) is 0 Å². The number of likely N-dealkylation sites (tertiary alicyclic amines) is 1. The van der Waals surface area contributed by atoms with E-state index in [2.05, 4.69) is 33.1 Å². The van der Waals surface area contributed by atoms with Gasteiger partial charge in [0.2, 0.25) is 5.91 Å². The number of nitrogens with zero attached hydrogens (tertiary/aromatic N) is 2. The van der Waals surface area contributed by atoms with Crippen molar-refractivity contribution < 1.29 is 13.6 Å². The average Bonchev–Trinajstić information content (AvgIpc) is 3.53. The summed E-state index contributed by atoms with van der Waals surface area (Å²) in [4.78, 5) is 15.4. The number of rotatable bonds is 9. The topological polar surface area (TPSA) is 37.3 Å². The van der Waals surface area contributed by atoms with Gasteiger partial charge in [0.1, 0.15) is 11.6 Å². The zero-order valence-corrected chi connectivity index (χ0v) is 20.3. The van der Waals surface area contributed by atoms with Gasteiger partial charge in [-0.25, -0.2) is 8.78 Å². The number of hydrogen-bond donors (Lipinski definition) is 1.